The van der Waals surface area contributed by atoms with Crippen LogP contribution >= 0.6 is 12.4 Å². The van der Waals surface area contributed by atoms with Crippen molar-refractivity contribution in [2.75, 3.05) is 12.4 Å². The summed E-state index contributed by atoms with van der Waals surface area (Å²) in [6, 6.07) is 12.2. The van der Waals surface area contributed by atoms with Gasteiger partial charge in [-0.15, -0.1) is 12.4 Å². The number of anilines is 1. The van der Waals surface area contributed by atoms with Gasteiger partial charge in [-0.3, -0.25) is 14.4 Å². The summed E-state index contributed by atoms with van der Waals surface area (Å²) in [5, 5.41) is 17.4. The Balaban J connectivity index is 0.00000512. The Hall–Kier alpha value is -3.14. The van der Waals surface area contributed by atoms with E-state index < -0.39 is 18.0 Å². The van der Waals surface area contributed by atoms with Crippen LogP contribution < -0.4 is 21.7 Å². The van der Waals surface area contributed by atoms with Gasteiger partial charge < -0.3 is 32.3 Å². The van der Waals surface area contributed by atoms with Gasteiger partial charge in [-0.25, -0.2) is 0 Å². The van der Waals surface area contributed by atoms with Crippen molar-refractivity contribution in [2.45, 2.75) is 44.7 Å². The lowest BCUT2D eigenvalue weighted by molar-refractivity contribution is -0.127. The molecule has 0 heterocycles. The largest absolute Gasteiger partial charge is 0.508 e. The molecule has 9 nitrogen and oxygen atoms in total. The van der Waals surface area contributed by atoms with Crippen LogP contribution in [0, 0.1) is 0 Å². The topological polar surface area (TPSA) is 165 Å². The fourth-order valence-corrected chi connectivity index (χ4v) is 3.03. The van der Waals surface area contributed by atoms with E-state index in [0.717, 1.165) is 11.1 Å². The Morgan fingerprint density at radius 2 is 1.67 bits per heavy atom. The summed E-state index contributed by atoms with van der Waals surface area (Å²) in [6.45, 7) is 1.59. The molecule has 2 rings (SSSR count). The van der Waals surface area contributed by atoms with Crippen LogP contribution in [0.15, 0.2) is 48.5 Å². The van der Waals surface area contributed by atoms with Crippen molar-refractivity contribution < 1.29 is 25.0 Å². The van der Waals surface area contributed by atoms with Crippen LogP contribution in [0.3, 0.4) is 0 Å². The number of rotatable bonds is 10. The molecule has 33 heavy (non-hydrogen) atoms. The maximum absolute atomic E-state index is 12.6. The van der Waals surface area contributed by atoms with Crippen molar-refractivity contribution in [1.29, 1.82) is 0 Å². The van der Waals surface area contributed by atoms with Crippen molar-refractivity contribution in [2.24, 2.45) is 5.73 Å². The molecule has 3 amide bonds. The lowest BCUT2D eigenvalue weighted by Gasteiger charge is -2.18. The number of para-hydroxylation sites is 1. The number of benzene rings is 2. The molecule has 8 N–H and O–H groups in total. The van der Waals surface area contributed by atoms with E-state index in [-0.39, 0.29) is 41.9 Å². The molecule has 2 atom stereocenters. The second-order valence-electron chi connectivity index (χ2n) is 7.38. The summed E-state index contributed by atoms with van der Waals surface area (Å²) in [5.74, 6) is -0.680. The SMILES string of the molecule is CNC(=O)CCCc1ccccc1NC(=O)[C@H](C)NC(=O)[C@@H](N)Cc1ccc(O)cc1.Cl.O. The highest BCUT2D eigenvalue weighted by molar-refractivity contribution is 5.98. The molecular weight excluding hydrogens is 448 g/mol. The molecule has 0 unspecified atom stereocenters. The van der Waals surface area contributed by atoms with Gasteiger partial charge >= 0.3 is 0 Å². The lowest BCUT2D eigenvalue weighted by atomic mass is 10.0. The molecule has 0 aliphatic heterocycles. The van der Waals surface area contributed by atoms with Crippen LogP contribution in [-0.4, -0.2) is 47.4 Å². The summed E-state index contributed by atoms with van der Waals surface area (Å²) in [7, 11) is 1.60. The van der Waals surface area contributed by atoms with E-state index in [9.17, 15) is 19.5 Å². The van der Waals surface area contributed by atoms with E-state index in [1.165, 1.54) is 12.1 Å². The molecule has 0 bridgehead atoms. The molecule has 0 spiro atoms. The van der Waals surface area contributed by atoms with E-state index in [2.05, 4.69) is 16.0 Å². The van der Waals surface area contributed by atoms with Gasteiger partial charge in [0, 0.05) is 19.2 Å². The minimum atomic E-state index is -0.822. The molecule has 2 aromatic carbocycles. The van der Waals surface area contributed by atoms with E-state index >= 15 is 0 Å². The van der Waals surface area contributed by atoms with Gasteiger partial charge in [0.2, 0.25) is 17.7 Å². The van der Waals surface area contributed by atoms with Gasteiger partial charge in [0.15, 0.2) is 0 Å². The number of amides is 3. The predicted octanol–water partition coefficient (Wildman–Crippen LogP) is 1.07. The van der Waals surface area contributed by atoms with Crippen LogP contribution in [0.1, 0.15) is 30.9 Å². The zero-order valence-electron chi connectivity index (χ0n) is 18.8. The molecule has 182 valence electrons. The number of carbonyl (C=O) groups excluding carboxylic acids is 3. The van der Waals surface area contributed by atoms with Gasteiger partial charge in [-0.1, -0.05) is 30.3 Å². The number of phenolic OH excluding ortho intramolecular Hbond substituents is 1. The smallest absolute Gasteiger partial charge is 0.246 e. The Kier molecular flexibility index (Phi) is 13.4. The highest BCUT2D eigenvalue weighted by Crippen LogP contribution is 2.18. The third-order valence-electron chi connectivity index (χ3n) is 4.88. The number of aryl methyl sites for hydroxylation is 1. The minimum Gasteiger partial charge on any atom is -0.508 e. The third-order valence-corrected chi connectivity index (χ3v) is 4.88. The van der Waals surface area contributed by atoms with E-state index in [1.54, 1.807) is 32.2 Å². The van der Waals surface area contributed by atoms with Crippen molar-refractivity contribution in [3.8, 4) is 5.75 Å². The van der Waals surface area contributed by atoms with E-state index in [1.807, 2.05) is 18.2 Å². The first-order valence-electron chi connectivity index (χ1n) is 10.2. The number of hydrogen-bond donors (Lipinski definition) is 5. The lowest BCUT2D eigenvalue weighted by Crippen LogP contribution is -2.49. The molecule has 0 aliphatic carbocycles. The van der Waals surface area contributed by atoms with Crippen LogP contribution in [0.2, 0.25) is 0 Å². The first-order chi connectivity index (χ1) is 14.8. The van der Waals surface area contributed by atoms with Gasteiger partial charge in [0.05, 0.1) is 6.04 Å². The Morgan fingerprint density at radius 1 is 1.03 bits per heavy atom. The third kappa shape index (κ3) is 9.90. The normalized spacial score (nSPS) is 11.7. The van der Waals surface area contributed by atoms with E-state index in [0.29, 0.717) is 24.9 Å². The number of halogens is 1. The highest BCUT2D eigenvalue weighted by atomic mass is 35.5. The maximum atomic E-state index is 12.6. The fraction of sp³-hybridized carbons (Fsp3) is 0.348. The van der Waals surface area contributed by atoms with Crippen LogP contribution in [0.25, 0.3) is 0 Å². The molecule has 0 saturated carbocycles. The Morgan fingerprint density at radius 3 is 2.30 bits per heavy atom. The zero-order chi connectivity index (χ0) is 22.8. The first kappa shape index (κ1) is 29.9. The van der Waals surface area contributed by atoms with Crippen molar-refractivity contribution in [3.63, 3.8) is 0 Å². The standard InChI is InChI=1S/C23H30N4O4.ClH.H2O/c1-15(26-23(31)19(24)14-16-10-12-18(28)13-11-16)22(30)27-20-8-4-3-6-17(20)7-5-9-21(29)25-2;;/h3-4,6,8,10-13,15,19,28H,5,7,9,14,24H2,1-2H3,(H,25,29)(H,26,31)(H,27,30);1H;1H2/t15-,19-;;/m0../s1. The number of phenols is 1. The Bertz CT molecular complexity index is 908. The quantitative estimate of drug-likeness (QED) is 0.342. The number of hydrogen-bond acceptors (Lipinski definition) is 5. The number of carbonyl (C=O) groups is 3. The molecule has 0 aromatic heterocycles. The molecule has 0 radical (unpaired) electrons. The second-order valence-corrected chi connectivity index (χ2v) is 7.38. The fourth-order valence-electron chi connectivity index (χ4n) is 3.03. The summed E-state index contributed by atoms with van der Waals surface area (Å²) < 4.78 is 0. The molecule has 0 fully saturated rings. The summed E-state index contributed by atoms with van der Waals surface area (Å²) in [6.07, 6.45) is 1.99. The predicted molar refractivity (Wildman–Crippen MR) is 130 cm³/mol. The molecular formula is C23H33ClN4O5. The molecule has 0 aliphatic rings. The first-order valence-corrected chi connectivity index (χ1v) is 10.2. The maximum Gasteiger partial charge on any atom is 0.246 e. The summed E-state index contributed by atoms with van der Waals surface area (Å²) >= 11 is 0. The average Bonchev–Trinajstić information content (AvgIpc) is 2.76. The van der Waals surface area contributed by atoms with Crippen molar-refractivity contribution >= 4 is 35.8 Å². The van der Waals surface area contributed by atoms with Gasteiger partial charge in [-0.05, 0) is 55.5 Å². The zero-order valence-corrected chi connectivity index (χ0v) is 19.6. The Labute approximate surface area is 199 Å². The second kappa shape index (κ2) is 14.8. The van der Waals surface area contributed by atoms with Crippen LogP contribution in [0.4, 0.5) is 5.69 Å². The number of nitrogens with two attached hydrogens (primary N) is 1. The van der Waals surface area contributed by atoms with Gasteiger partial charge in [0.25, 0.3) is 0 Å². The summed E-state index contributed by atoms with van der Waals surface area (Å²) in [5.41, 5.74) is 8.34. The van der Waals surface area contributed by atoms with E-state index in [4.69, 9.17) is 5.73 Å². The van der Waals surface area contributed by atoms with Crippen LogP contribution in [-0.2, 0) is 27.2 Å². The minimum absolute atomic E-state index is 0. The monoisotopic (exact) mass is 480 g/mol. The van der Waals surface area contributed by atoms with Crippen LogP contribution in [0.5, 0.6) is 5.75 Å². The summed E-state index contributed by atoms with van der Waals surface area (Å²) in [4.78, 5) is 36.4. The van der Waals surface area contributed by atoms with Crippen molar-refractivity contribution in [1.82, 2.24) is 10.6 Å². The number of aromatic hydroxyl groups is 1. The highest BCUT2D eigenvalue weighted by Gasteiger charge is 2.21. The van der Waals surface area contributed by atoms with Gasteiger partial charge in [0.1, 0.15) is 11.8 Å². The molecule has 10 heteroatoms. The molecule has 2 aromatic rings. The number of nitrogens with one attached hydrogen (secondary N) is 3. The van der Waals surface area contributed by atoms with Crippen molar-refractivity contribution in [3.05, 3.63) is 59.7 Å². The average molecular weight is 481 g/mol. The van der Waals surface area contributed by atoms with Gasteiger partial charge in [-0.2, -0.15) is 0 Å². The molecule has 0 saturated heterocycles.